The number of benzene rings is 1. The third-order valence-electron chi connectivity index (χ3n) is 3.79. The van der Waals surface area contributed by atoms with Gasteiger partial charge in [0.2, 0.25) is 5.91 Å². The van der Waals surface area contributed by atoms with Gasteiger partial charge in [-0.2, -0.15) is 0 Å². The number of carbonyl (C=O) groups excluding carboxylic acids is 1. The van der Waals surface area contributed by atoms with E-state index in [1.54, 1.807) is 0 Å². The van der Waals surface area contributed by atoms with Gasteiger partial charge in [0.1, 0.15) is 5.75 Å². The minimum absolute atomic E-state index is 0.0372. The van der Waals surface area contributed by atoms with Gasteiger partial charge in [0.05, 0.1) is 12.6 Å². The Balaban J connectivity index is 2.43. The molecule has 4 nitrogen and oxygen atoms in total. The molecule has 20 heavy (non-hydrogen) atoms. The summed E-state index contributed by atoms with van der Waals surface area (Å²) in [6.07, 6.45) is 2.26. The average molecular weight is 276 g/mol. The molecule has 1 aliphatic heterocycles. The molecule has 110 valence electrons. The van der Waals surface area contributed by atoms with Crippen LogP contribution < -0.4 is 15.8 Å². The molecule has 0 fully saturated rings. The molecule has 0 aliphatic carbocycles. The predicted octanol–water partition coefficient (Wildman–Crippen LogP) is 2.62. The second-order valence-corrected chi connectivity index (χ2v) is 5.36. The number of nitrogens with one attached hydrogen (secondary N) is 1. The molecule has 4 heteroatoms. The smallest absolute Gasteiger partial charge is 0.220 e. The number of ether oxygens (including phenoxy) is 1. The lowest BCUT2D eigenvalue weighted by molar-refractivity contribution is -0.121. The zero-order valence-electron chi connectivity index (χ0n) is 12.5. The molecule has 3 N–H and O–H groups in total. The van der Waals surface area contributed by atoms with E-state index in [9.17, 15) is 4.79 Å². The van der Waals surface area contributed by atoms with E-state index in [-0.39, 0.29) is 18.0 Å². The number of nitrogens with two attached hydrogens (primary N) is 1. The molecule has 1 heterocycles. The molecule has 1 aromatic rings. The Morgan fingerprint density at radius 3 is 2.85 bits per heavy atom. The van der Waals surface area contributed by atoms with E-state index in [1.807, 2.05) is 13.8 Å². The van der Waals surface area contributed by atoms with Crippen molar-refractivity contribution in [1.82, 2.24) is 5.32 Å². The summed E-state index contributed by atoms with van der Waals surface area (Å²) in [5, 5.41) is 3.08. The van der Waals surface area contributed by atoms with Gasteiger partial charge in [-0.05, 0) is 18.9 Å². The van der Waals surface area contributed by atoms with Gasteiger partial charge in [0.15, 0.2) is 0 Å². The Morgan fingerprint density at radius 2 is 2.25 bits per heavy atom. The molecule has 1 aromatic carbocycles. The zero-order chi connectivity index (χ0) is 14.7. The van der Waals surface area contributed by atoms with Crippen molar-refractivity contribution in [1.29, 1.82) is 0 Å². The van der Waals surface area contributed by atoms with Crippen LogP contribution in [0, 0.1) is 0 Å². The second kappa shape index (κ2) is 6.27. The van der Waals surface area contributed by atoms with Gasteiger partial charge in [-0.15, -0.1) is 0 Å². The van der Waals surface area contributed by atoms with Crippen molar-refractivity contribution in [2.24, 2.45) is 5.73 Å². The van der Waals surface area contributed by atoms with Gasteiger partial charge in [-0.3, -0.25) is 4.79 Å². The summed E-state index contributed by atoms with van der Waals surface area (Å²) in [7, 11) is 0. The number of rotatable bonds is 4. The fourth-order valence-electron chi connectivity index (χ4n) is 2.59. The fourth-order valence-corrected chi connectivity index (χ4v) is 2.59. The van der Waals surface area contributed by atoms with Crippen LogP contribution in [0.3, 0.4) is 0 Å². The van der Waals surface area contributed by atoms with Crippen LogP contribution in [0.5, 0.6) is 5.75 Å². The molecule has 2 atom stereocenters. The van der Waals surface area contributed by atoms with Gasteiger partial charge in [0.25, 0.3) is 0 Å². The highest BCUT2D eigenvalue weighted by Gasteiger charge is 2.26. The molecule has 0 radical (unpaired) electrons. The number of amides is 1. The number of hydrogen-bond donors (Lipinski definition) is 2. The number of aryl methyl sites for hydroxylation is 1. The highest BCUT2D eigenvalue weighted by atomic mass is 16.5. The third kappa shape index (κ3) is 2.96. The number of fused-ring (bicyclic) bond motifs is 1. The summed E-state index contributed by atoms with van der Waals surface area (Å²) >= 11 is 0. The molecule has 0 spiro atoms. The third-order valence-corrected chi connectivity index (χ3v) is 3.79. The summed E-state index contributed by atoms with van der Waals surface area (Å²) in [5.74, 6) is 0.942. The maximum atomic E-state index is 11.7. The Hall–Kier alpha value is -1.55. The topological polar surface area (TPSA) is 64.3 Å². The van der Waals surface area contributed by atoms with E-state index in [0.717, 1.165) is 29.7 Å². The van der Waals surface area contributed by atoms with Crippen molar-refractivity contribution in [3.8, 4) is 5.75 Å². The quantitative estimate of drug-likeness (QED) is 0.888. The van der Waals surface area contributed by atoms with Crippen molar-refractivity contribution in [3.05, 3.63) is 28.8 Å². The largest absolute Gasteiger partial charge is 0.493 e. The first-order valence-electron chi connectivity index (χ1n) is 7.41. The van der Waals surface area contributed by atoms with Crippen LogP contribution in [0.15, 0.2) is 12.1 Å². The van der Waals surface area contributed by atoms with E-state index in [4.69, 9.17) is 10.5 Å². The lowest BCUT2D eigenvalue weighted by Crippen LogP contribution is -2.32. The molecular weight excluding hydrogens is 252 g/mol. The Morgan fingerprint density at radius 1 is 1.50 bits per heavy atom. The molecule has 0 bridgehead atoms. The summed E-state index contributed by atoms with van der Waals surface area (Å²) in [4.78, 5) is 11.7. The fraction of sp³-hybridized carbons (Fsp3) is 0.562. The first-order chi connectivity index (χ1) is 9.56. The molecular formula is C16H24N2O2. The first kappa shape index (κ1) is 14.9. The van der Waals surface area contributed by atoms with Gasteiger partial charge in [-0.1, -0.05) is 26.0 Å². The Kier molecular flexibility index (Phi) is 4.65. The maximum absolute atomic E-state index is 11.7. The maximum Gasteiger partial charge on any atom is 0.220 e. The van der Waals surface area contributed by atoms with Gasteiger partial charge in [0, 0.05) is 30.0 Å². The molecule has 0 saturated carbocycles. The van der Waals surface area contributed by atoms with Gasteiger partial charge < -0.3 is 15.8 Å². The van der Waals surface area contributed by atoms with Crippen LogP contribution in [0.25, 0.3) is 0 Å². The minimum Gasteiger partial charge on any atom is -0.493 e. The van der Waals surface area contributed by atoms with E-state index in [2.05, 4.69) is 24.4 Å². The molecule has 0 aromatic heterocycles. The van der Waals surface area contributed by atoms with Crippen LogP contribution in [0.4, 0.5) is 0 Å². The van der Waals surface area contributed by atoms with E-state index in [0.29, 0.717) is 13.0 Å². The number of hydrogen-bond acceptors (Lipinski definition) is 3. The molecule has 2 unspecified atom stereocenters. The Bertz CT molecular complexity index is 497. The highest BCUT2D eigenvalue weighted by Crippen LogP contribution is 2.38. The highest BCUT2D eigenvalue weighted by molar-refractivity contribution is 5.76. The average Bonchev–Trinajstić information content (AvgIpc) is 2.46. The van der Waals surface area contributed by atoms with Crippen LogP contribution >= 0.6 is 0 Å². The molecule has 0 saturated heterocycles. The monoisotopic (exact) mass is 276 g/mol. The summed E-state index contributed by atoms with van der Waals surface area (Å²) in [6.45, 7) is 6.57. The molecule has 1 aliphatic rings. The minimum atomic E-state index is -0.0733. The first-order valence-corrected chi connectivity index (χ1v) is 7.41. The van der Waals surface area contributed by atoms with E-state index >= 15 is 0 Å². The standard InChI is InChI=1S/C16H24N2O2/c1-4-11-8-12(10(3)17)16-13(9-11)14(6-7-20-16)18-15(19)5-2/h8-10,14H,4-7,17H2,1-3H3,(H,18,19). The van der Waals surface area contributed by atoms with Crippen molar-refractivity contribution in [2.75, 3.05) is 6.61 Å². The van der Waals surface area contributed by atoms with Crippen molar-refractivity contribution >= 4 is 5.91 Å². The van der Waals surface area contributed by atoms with Crippen LogP contribution in [0.1, 0.15) is 62.4 Å². The van der Waals surface area contributed by atoms with E-state index in [1.165, 1.54) is 5.56 Å². The second-order valence-electron chi connectivity index (χ2n) is 5.36. The van der Waals surface area contributed by atoms with Gasteiger partial charge >= 0.3 is 0 Å². The lowest BCUT2D eigenvalue weighted by Gasteiger charge is -2.30. The van der Waals surface area contributed by atoms with E-state index < -0.39 is 0 Å². The lowest BCUT2D eigenvalue weighted by atomic mass is 9.92. The Labute approximate surface area is 120 Å². The van der Waals surface area contributed by atoms with Crippen LogP contribution in [0.2, 0.25) is 0 Å². The normalized spacial score (nSPS) is 18.9. The molecule has 2 rings (SSSR count). The predicted molar refractivity (Wildman–Crippen MR) is 79.7 cm³/mol. The SMILES string of the molecule is CCC(=O)NC1CCOc2c(C(C)N)cc(CC)cc21. The molecule has 1 amide bonds. The van der Waals surface area contributed by atoms with Crippen molar-refractivity contribution in [2.45, 2.75) is 52.1 Å². The van der Waals surface area contributed by atoms with Crippen LogP contribution in [-0.2, 0) is 11.2 Å². The summed E-state index contributed by atoms with van der Waals surface area (Å²) in [5.41, 5.74) is 9.41. The van der Waals surface area contributed by atoms with Crippen molar-refractivity contribution in [3.63, 3.8) is 0 Å². The number of carbonyl (C=O) groups is 1. The zero-order valence-corrected chi connectivity index (χ0v) is 12.5. The van der Waals surface area contributed by atoms with Crippen molar-refractivity contribution < 1.29 is 9.53 Å². The summed E-state index contributed by atoms with van der Waals surface area (Å²) in [6, 6.07) is 4.22. The summed E-state index contributed by atoms with van der Waals surface area (Å²) < 4.78 is 5.83. The van der Waals surface area contributed by atoms with Gasteiger partial charge in [-0.25, -0.2) is 0 Å². The van der Waals surface area contributed by atoms with Crippen LogP contribution in [-0.4, -0.2) is 12.5 Å².